The van der Waals surface area contributed by atoms with E-state index in [0.717, 1.165) is 73.8 Å². The molecule has 8 aromatic rings. The average molecular weight is 967 g/mol. The van der Waals surface area contributed by atoms with Crippen LogP contribution >= 0.6 is 0 Å². The van der Waals surface area contributed by atoms with E-state index in [1.54, 1.807) is 6.08 Å². The van der Waals surface area contributed by atoms with Gasteiger partial charge in [-0.05, 0) is 167 Å². The van der Waals surface area contributed by atoms with Crippen LogP contribution in [0.2, 0.25) is 0 Å². The predicted molar refractivity (Wildman–Crippen MR) is 326 cm³/mol. The highest BCUT2D eigenvalue weighted by molar-refractivity contribution is 5.97. The Balaban J connectivity index is 1.04. The normalized spacial score (nSPS) is 12.9. The Hall–Kier alpha value is -9.46. The van der Waals surface area contributed by atoms with Crippen LogP contribution in [0.5, 0.6) is 0 Å². The van der Waals surface area contributed by atoms with Gasteiger partial charge in [0.15, 0.2) is 0 Å². The van der Waals surface area contributed by atoms with Crippen LogP contribution < -0.4 is 9.80 Å². The fraction of sp³-hybridized carbons (Fsp3) is 0.0548. The number of hydrogen-bond donors (Lipinski definition) is 0. The minimum absolute atomic E-state index is 0.810. The minimum Gasteiger partial charge on any atom is -0.315 e. The topological polar surface area (TPSA) is 6.48 Å². The molecular formula is C73H62N2. The highest BCUT2D eigenvalue weighted by Gasteiger charge is 2.17. The quantitative estimate of drug-likeness (QED) is 0.0624. The summed E-state index contributed by atoms with van der Waals surface area (Å²) in [6.45, 7) is 14.9. The van der Waals surface area contributed by atoms with Crippen molar-refractivity contribution in [3.05, 3.63) is 338 Å². The van der Waals surface area contributed by atoms with Crippen LogP contribution in [0.15, 0.2) is 316 Å². The summed E-state index contributed by atoms with van der Waals surface area (Å²) in [6, 6.07) is 69.5. The Morgan fingerprint density at radius 3 is 1.83 bits per heavy atom. The van der Waals surface area contributed by atoms with Gasteiger partial charge in [-0.3, -0.25) is 0 Å². The summed E-state index contributed by atoms with van der Waals surface area (Å²) in [4.78, 5) is 4.60. The maximum atomic E-state index is 4.65. The molecule has 1 aliphatic carbocycles. The molecule has 0 bridgehead atoms. The van der Waals surface area contributed by atoms with Crippen LogP contribution in [0.25, 0.3) is 49.7 Å². The lowest BCUT2D eigenvalue weighted by Gasteiger charge is -2.27. The standard InChI is InChI=1S/C73H62N2/c1-6-8-9-10-15-25-58-52-67(54-68(53-58)62-30-16-11-12-17-31-62)55(3)36-37-56(4)74(69-46-40-63(41-47-69)61-28-20-14-21-29-61)70-48-42-64(43-49-70)65-44-50-71(51-45-65)75(73-35-24-33-66-32-22-23-34-72(66)73)57(5)38-39-59(7-2)60-26-18-13-19-27-60/h6-16,18-24,26-54H,1,5,25H2,2-4H3/b9-8-,15-10-,39-38-,55-36+,56-37+,59-7+. The second-order valence-electron chi connectivity index (χ2n) is 18.4. The summed E-state index contributed by atoms with van der Waals surface area (Å²) in [6.07, 6.45) is 32.0. The van der Waals surface area contributed by atoms with E-state index in [9.17, 15) is 0 Å². The molecule has 0 saturated carbocycles. The summed E-state index contributed by atoms with van der Waals surface area (Å²) in [5, 5.41) is 2.34. The zero-order valence-electron chi connectivity index (χ0n) is 43.2. The molecule has 0 aromatic heterocycles. The van der Waals surface area contributed by atoms with Crippen molar-refractivity contribution >= 4 is 50.2 Å². The molecule has 0 fully saturated rings. The first-order valence-electron chi connectivity index (χ1n) is 25.6. The summed E-state index contributed by atoms with van der Waals surface area (Å²) in [5.41, 5.74) is 22.3. The van der Waals surface area contributed by atoms with Gasteiger partial charge in [-0.25, -0.2) is 0 Å². The first-order chi connectivity index (χ1) is 36.9. The lowest BCUT2D eigenvalue weighted by atomic mass is 9.94. The Bertz CT molecular complexity index is 3610. The summed E-state index contributed by atoms with van der Waals surface area (Å²) < 4.78 is 0. The zero-order chi connectivity index (χ0) is 51.8. The van der Waals surface area contributed by atoms with Gasteiger partial charge in [0.25, 0.3) is 0 Å². The van der Waals surface area contributed by atoms with E-state index in [1.165, 1.54) is 38.8 Å². The van der Waals surface area contributed by atoms with Crippen LogP contribution in [0.3, 0.4) is 0 Å². The van der Waals surface area contributed by atoms with E-state index in [4.69, 9.17) is 0 Å². The van der Waals surface area contributed by atoms with Crippen molar-refractivity contribution in [1.29, 1.82) is 0 Å². The fourth-order valence-electron chi connectivity index (χ4n) is 9.39. The molecular weight excluding hydrogens is 905 g/mol. The molecule has 75 heavy (non-hydrogen) atoms. The van der Waals surface area contributed by atoms with Crippen molar-refractivity contribution in [2.75, 3.05) is 9.80 Å². The monoisotopic (exact) mass is 966 g/mol. The van der Waals surface area contributed by atoms with E-state index in [2.05, 4.69) is 298 Å². The van der Waals surface area contributed by atoms with Crippen molar-refractivity contribution in [3.8, 4) is 22.3 Å². The van der Waals surface area contributed by atoms with Gasteiger partial charge in [0, 0.05) is 33.8 Å². The van der Waals surface area contributed by atoms with Crippen molar-refractivity contribution in [3.63, 3.8) is 0 Å². The minimum atomic E-state index is 0.810. The average Bonchev–Trinajstić information content (AvgIpc) is 3.76. The van der Waals surface area contributed by atoms with E-state index < -0.39 is 0 Å². The number of hydrogen-bond acceptors (Lipinski definition) is 2. The highest BCUT2D eigenvalue weighted by Crippen LogP contribution is 2.38. The summed E-state index contributed by atoms with van der Waals surface area (Å²) in [5.74, 6) is 0. The molecule has 0 spiro atoms. The van der Waals surface area contributed by atoms with E-state index in [-0.39, 0.29) is 0 Å². The van der Waals surface area contributed by atoms with E-state index in [1.807, 2.05) is 30.4 Å². The Morgan fingerprint density at radius 1 is 0.547 bits per heavy atom. The summed E-state index contributed by atoms with van der Waals surface area (Å²) in [7, 11) is 0. The van der Waals surface area contributed by atoms with Gasteiger partial charge < -0.3 is 9.80 Å². The van der Waals surface area contributed by atoms with Crippen LogP contribution in [-0.2, 0) is 6.42 Å². The molecule has 364 valence electrons. The molecule has 8 aromatic carbocycles. The first-order valence-corrected chi connectivity index (χ1v) is 25.6. The number of benzene rings is 8. The maximum absolute atomic E-state index is 4.65. The number of nitrogens with zero attached hydrogens (tertiary/aromatic N) is 2. The largest absolute Gasteiger partial charge is 0.315 e. The molecule has 0 aliphatic heterocycles. The lowest BCUT2D eigenvalue weighted by molar-refractivity contribution is 1.16. The Morgan fingerprint density at radius 2 is 1.16 bits per heavy atom. The van der Waals surface area contributed by atoms with Crippen molar-refractivity contribution < 1.29 is 0 Å². The number of anilines is 4. The van der Waals surface area contributed by atoms with Gasteiger partial charge in [-0.1, -0.05) is 226 Å². The molecule has 0 radical (unpaired) electrons. The van der Waals surface area contributed by atoms with E-state index >= 15 is 0 Å². The molecule has 0 heterocycles. The third-order valence-corrected chi connectivity index (χ3v) is 13.4. The van der Waals surface area contributed by atoms with Gasteiger partial charge in [0.05, 0.1) is 5.69 Å². The number of rotatable bonds is 18. The van der Waals surface area contributed by atoms with Crippen LogP contribution in [0, 0.1) is 0 Å². The van der Waals surface area contributed by atoms with Crippen molar-refractivity contribution in [1.82, 2.24) is 0 Å². The second-order valence-corrected chi connectivity index (χ2v) is 18.4. The molecule has 9 rings (SSSR count). The van der Waals surface area contributed by atoms with Crippen molar-refractivity contribution in [2.24, 2.45) is 0 Å². The lowest BCUT2D eigenvalue weighted by Crippen LogP contribution is -2.14. The Labute approximate surface area is 445 Å². The highest BCUT2D eigenvalue weighted by atomic mass is 15.1. The molecule has 0 unspecified atom stereocenters. The third kappa shape index (κ3) is 12.6. The molecule has 0 N–H and O–H groups in total. The second kappa shape index (κ2) is 24.8. The van der Waals surface area contributed by atoms with Gasteiger partial charge in [0.2, 0.25) is 0 Å². The Kier molecular flexibility index (Phi) is 16.7. The predicted octanol–water partition coefficient (Wildman–Crippen LogP) is 20.1. The van der Waals surface area contributed by atoms with Crippen molar-refractivity contribution in [2.45, 2.75) is 27.2 Å². The third-order valence-electron chi connectivity index (χ3n) is 13.4. The SMILES string of the molecule is C=C/C=C\C=C/Cc1cc(C2=CC=CC=C=C2)cc(/C(C)=C/C=C(\C)N(c2ccc(-c3ccccc3)cc2)c2ccc(-c3ccc(N(C(=C)/C=C\C(=C/C)c4ccccc4)c4cccc5ccccc45)cc3)cc2)c1. The summed E-state index contributed by atoms with van der Waals surface area (Å²) >= 11 is 0. The molecule has 0 saturated heterocycles. The van der Waals surface area contributed by atoms with Gasteiger partial charge >= 0.3 is 0 Å². The van der Waals surface area contributed by atoms with Gasteiger partial charge in [-0.15, -0.1) is 5.73 Å². The van der Waals surface area contributed by atoms with Gasteiger partial charge in [0.1, 0.15) is 0 Å². The smallest absolute Gasteiger partial charge is 0.0539 e. The molecule has 2 nitrogen and oxygen atoms in total. The fourth-order valence-corrected chi connectivity index (χ4v) is 9.39. The molecule has 0 atom stereocenters. The van der Waals surface area contributed by atoms with Crippen LogP contribution in [0.4, 0.5) is 22.7 Å². The molecule has 2 heteroatoms. The number of fused-ring (bicyclic) bond motifs is 1. The van der Waals surface area contributed by atoms with Gasteiger partial charge in [-0.2, -0.15) is 0 Å². The zero-order valence-corrected chi connectivity index (χ0v) is 43.2. The molecule has 0 amide bonds. The first kappa shape index (κ1) is 50.5. The van der Waals surface area contributed by atoms with E-state index in [0.29, 0.717) is 0 Å². The van der Waals surface area contributed by atoms with Crippen LogP contribution in [-0.4, -0.2) is 0 Å². The van der Waals surface area contributed by atoms with Crippen LogP contribution in [0.1, 0.15) is 43.0 Å². The molecule has 1 aliphatic rings. The number of allylic oxidation sites excluding steroid dienone is 18. The maximum Gasteiger partial charge on any atom is 0.0539 e.